The summed E-state index contributed by atoms with van der Waals surface area (Å²) < 4.78 is 31.6. The Labute approximate surface area is 162 Å². The molecule has 0 saturated heterocycles. The Balaban J connectivity index is 1.77. The lowest BCUT2D eigenvalue weighted by atomic mass is 9.99. The molecule has 5 aromatic rings. The molecule has 2 heterocycles. The van der Waals surface area contributed by atoms with Crippen LogP contribution in [0.1, 0.15) is 20.8 Å². The second kappa shape index (κ2) is 5.68. The number of hydrogen-bond donors (Lipinski definition) is 0. The average Bonchev–Trinajstić information content (AvgIpc) is 3.09. The van der Waals surface area contributed by atoms with Gasteiger partial charge in [0.2, 0.25) is 5.69 Å². The largest absolute Gasteiger partial charge is 0.455 e. The van der Waals surface area contributed by atoms with Crippen LogP contribution in [0.2, 0.25) is 0 Å². The molecule has 2 nitrogen and oxygen atoms in total. The number of fused-ring (bicyclic) bond motifs is 5. The van der Waals surface area contributed by atoms with Crippen LogP contribution in [0.5, 0.6) is 0 Å². The Kier molecular flexibility index (Phi) is 2.76. The van der Waals surface area contributed by atoms with Gasteiger partial charge in [-0.25, -0.2) is 4.57 Å². The van der Waals surface area contributed by atoms with Crippen molar-refractivity contribution in [1.29, 1.82) is 0 Å². The summed E-state index contributed by atoms with van der Waals surface area (Å²) in [5.41, 5.74) is 5.96. The lowest BCUT2D eigenvalue weighted by Crippen LogP contribution is -2.31. The number of benzene rings is 3. The van der Waals surface area contributed by atoms with E-state index in [0.29, 0.717) is 5.56 Å². The average molecular weight is 355 g/mol. The minimum Gasteiger partial charge on any atom is -0.455 e. The highest BCUT2D eigenvalue weighted by atomic mass is 16.3. The van der Waals surface area contributed by atoms with E-state index in [-0.39, 0.29) is 0 Å². The summed E-state index contributed by atoms with van der Waals surface area (Å²) in [6.07, 6.45) is 1.72. The summed E-state index contributed by atoms with van der Waals surface area (Å²) in [6.45, 7) is 1.79. The van der Waals surface area contributed by atoms with Crippen molar-refractivity contribution in [2.24, 2.45) is 7.05 Å². The molecular formula is C25H22NO+. The van der Waals surface area contributed by atoms with Crippen LogP contribution < -0.4 is 4.57 Å². The molecular weight excluding hydrogens is 330 g/mol. The fourth-order valence-electron chi connectivity index (χ4n) is 4.00. The van der Waals surface area contributed by atoms with Crippen LogP contribution in [-0.4, -0.2) is 0 Å². The maximum Gasteiger partial charge on any atom is 0.212 e. The van der Waals surface area contributed by atoms with E-state index in [1.807, 2.05) is 36.7 Å². The summed E-state index contributed by atoms with van der Waals surface area (Å²) >= 11 is 0. The van der Waals surface area contributed by atoms with Crippen molar-refractivity contribution in [3.8, 4) is 11.3 Å². The van der Waals surface area contributed by atoms with Gasteiger partial charge in [0, 0.05) is 37.5 Å². The minimum atomic E-state index is -2.13. The van der Waals surface area contributed by atoms with Gasteiger partial charge in [-0.1, -0.05) is 30.3 Å². The Morgan fingerprint density at radius 2 is 1.63 bits per heavy atom. The Morgan fingerprint density at radius 3 is 2.48 bits per heavy atom. The molecule has 0 N–H and O–H groups in total. The molecule has 0 aliphatic heterocycles. The van der Waals surface area contributed by atoms with Crippen LogP contribution in [0.15, 0.2) is 65.2 Å². The number of nitrogens with zero attached hydrogens (tertiary/aromatic N) is 1. The standard InChI is InChI=1S/C25H22NO/c1-15-13-23(26(4)14-16(15)2)19-11-12-21-22-10-9-18-7-5-6-8-20(18)25(22)27-24(21)17(19)3/h5-14H,1-4H3/q+1/i2D3. The smallest absolute Gasteiger partial charge is 0.212 e. The monoisotopic (exact) mass is 355 g/mol. The first-order valence-corrected chi connectivity index (χ1v) is 9.10. The second-order valence-corrected chi connectivity index (χ2v) is 7.25. The first-order valence-electron chi connectivity index (χ1n) is 10.6. The topological polar surface area (TPSA) is 17.0 Å². The van der Waals surface area contributed by atoms with E-state index < -0.39 is 6.85 Å². The summed E-state index contributed by atoms with van der Waals surface area (Å²) in [5, 5.41) is 4.46. The van der Waals surface area contributed by atoms with Gasteiger partial charge in [0.05, 0.1) is 5.56 Å². The van der Waals surface area contributed by atoms with Crippen molar-refractivity contribution in [3.05, 3.63) is 77.5 Å². The first kappa shape index (κ1) is 13.1. The summed E-state index contributed by atoms with van der Waals surface area (Å²) in [5.74, 6) is 0. The zero-order valence-electron chi connectivity index (χ0n) is 18.6. The molecule has 2 aromatic heterocycles. The van der Waals surface area contributed by atoms with E-state index in [0.717, 1.165) is 55.1 Å². The summed E-state index contributed by atoms with van der Waals surface area (Å²) in [7, 11) is 1.89. The number of aromatic nitrogens is 1. The molecule has 0 unspecified atom stereocenters. The molecule has 0 fully saturated rings. The Bertz CT molecular complexity index is 1460. The predicted octanol–water partition coefficient (Wildman–Crippen LogP) is 6.16. The van der Waals surface area contributed by atoms with Crippen LogP contribution in [0.4, 0.5) is 0 Å². The number of hydrogen-bond acceptors (Lipinski definition) is 1. The van der Waals surface area contributed by atoms with E-state index in [1.165, 1.54) is 0 Å². The molecule has 2 heteroatoms. The third-order valence-corrected chi connectivity index (χ3v) is 5.54. The molecule has 132 valence electrons. The SMILES string of the molecule is [2H]C([2H])([2H])c1c[n+](C)c(-c2ccc3c(oc4c5ccccc5ccc34)c2C)cc1C. The van der Waals surface area contributed by atoms with Gasteiger partial charge in [-0.2, -0.15) is 0 Å². The fourth-order valence-corrected chi connectivity index (χ4v) is 4.00. The number of pyridine rings is 1. The number of aryl methyl sites for hydroxylation is 4. The van der Waals surface area contributed by atoms with Crippen molar-refractivity contribution in [2.75, 3.05) is 0 Å². The van der Waals surface area contributed by atoms with Crippen LogP contribution in [0, 0.1) is 20.7 Å². The lowest BCUT2D eigenvalue weighted by molar-refractivity contribution is -0.660. The van der Waals surface area contributed by atoms with Crippen molar-refractivity contribution in [2.45, 2.75) is 20.7 Å². The highest BCUT2D eigenvalue weighted by Crippen LogP contribution is 2.38. The highest BCUT2D eigenvalue weighted by molar-refractivity contribution is 6.15. The van der Waals surface area contributed by atoms with Crippen LogP contribution in [0.25, 0.3) is 44.0 Å². The first-order chi connectivity index (χ1) is 14.3. The maximum absolute atomic E-state index is 7.77. The van der Waals surface area contributed by atoms with Gasteiger partial charge in [0.15, 0.2) is 6.20 Å². The predicted molar refractivity (Wildman–Crippen MR) is 112 cm³/mol. The fraction of sp³-hybridized carbons (Fsp3) is 0.160. The lowest BCUT2D eigenvalue weighted by Gasteiger charge is -2.07. The van der Waals surface area contributed by atoms with Gasteiger partial charge in [-0.05, 0) is 49.8 Å². The van der Waals surface area contributed by atoms with E-state index in [1.54, 1.807) is 6.20 Å². The molecule has 0 amide bonds. The second-order valence-electron chi connectivity index (χ2n) is 7.25. The molecule has 0 bridgehead atoms. The minimum absolute atomic E-state index is 0.377. The van der Waals surface area contributed by atoms with E-state index in [2.05, 4.69) is 43.3 Å². The third kappa shape index (κ3) is 2.30. The quantitative estimate of drug-likeness (QED) is 0.329. The van der Waals surface area contributed by atoms with Crippen LogP contribution in [0.3, 0.4) is 0 Å². The van der Waals surface area contributed by atoms with Gasteiger partial charge in [-0.15, -0.1) is 0 Å². The molecule has 27 heavy (non-hydrogen) atoms. The molecule has 0 aliphatic carbocycles. The summed E-state index contributed by atoms with van der Waals surface area (Å²) in [4.78, 5) is 0. The highest BCUT2D eigenvalue weighted by Gasteiger charge is 2.19. The normalized spacial score (nSPS) is 13.8. The van der Waals surface area contributed by atoms with Crippen molar-refractivity contribution in [1.82, 2.24) is 0 Å². The third-order valence-electron chi connectivity index (χ3n) is 5.54. The molecule has 0 saturated carbocycles. The maximum atomic E-state index is 7.77. The van der Waals surface area contributed by atoms with Crippen molar-refractivity contribution < 1.29 is 13.1 Å². The molecule has 3 aromatic carbocycles. The van der Waals surface area contributed by atoms with Crippen molar-refractivity contribution >= 4 is 32.7 Å². The molecule has 0 aliphatic rings. The van der Waals surface area contributed by atoms with E-state index in [4.69, 9.17) is 8.53 Å². The van der Waals surface area contributed by atoms with Crippen molar-refractivity contribution in [3.63, 3.8) is 0 Å². The van der Waals surface area contributed by atoms with Gasteiger partial charge >= 0.3 is 0 Å². The van der Waals surface area contributed by atoms with Gasteiger partial charge in [0.1, 0.15) is 18.2 Å². The summed E-state index contributed by atoms with van der Waals surface area (Å²) in [6, 6.07) is 18.7. The Hall–Kier alpha value is -3.13. The van der Waals surface area contributed by atoms with Crippen LogP contribution >= 0.6 is 0 Å². The number of furan rings is 1. The molecule has 5 rings (SSSR count). The zero-order valence-corrected chi connectivity index (χ0v) is 15.6. The molecule has 0 spiro atoms. The van der Waals surface area contributed by atoms with Gasteiger partial charge < -0.3 is 4.42 Å². The van der Waals surface area contributed by atoms with E-state index >= 15 is 0 Å². The van der Waals surface area contributed by atoms with Crippen LogP contribution in [-0.2, 0) is 7.05 Å². The van der Waals surface area contributed by atoms with Gasteiger partial charge in [-0.3, -0.25) is 0 Å². The molecule has 0 radical (unpaired) electrons. The Morgan fingerprint density at radius 1 is 0.852 bits per heavy atom. The zero-order chi connectivity index (χ0) is 21.2. The number of rotatable bonds is 1. The molecule has 0 atom stereocenters. The van der Waals surface area contributed by atoms with E-state index in [9.17, 15) is 0 Å². The van der Waals surface area contributed by atoms with Gasteiger partial charge in [0.25, 0.3) is 0 Å².